The summed E-state index contributed by atoms with van der Waals surface area (Å²) in [5, 5.41) is 1.64. The molecule has 6 atom stereocenters. The van der Waals surface area contributed by atoms with E-state index in [1.54, 1.807) is 5.32 Å². The van der Waals surface area contributed by atoms with E-state index in [9.17, 15) is 41.9 Å². The molecule has 216 valence electrons. The van der Waals surface area contributed by atoms with Gasteiger partial charge in [-0.2, -0.15) is 13.2 Å². The molecule has 0 aromatic heterocycles. The molecule has 1 aliphatic rings. The van der Waals surface area contributed by atoms with Gasteiger partial charge in [0, 0.05) is 34.1 Å². The number of halogens is 3. The van der Waals surface area contributed by atoms with E-state index in [-0.39, 0.29) is 0 Å². The summed E-state index contributed by atoms with van der Waals surface area (Å²) < 4.78 is 70.6. The molecule has 0 unspecified atom stereocenters. The second-order valence-corrected chi connectivity index (χ2v) is 8.97. The summed E-state index contributed by atoms with van der Waals surface area (Å²) in [4.78, 5) is 69.7. The fourth-order valence-electron chi connectivity index (χ4n) is 3.61. The van der Waals surface area contributed by atoms with Crippen LogP contribution in [0.1, 0.15) is 34.1 Å². The average Bonchev–Trinajstić information content (AvgIpc) is 2.79. The summed E-state index contributed by atoms with van der Waals surface area (Å²) in [6, 6.07) is -1.92. The second-order valence-electron chi connectivity index (χ2n) is 7.90. The van der Waals surface area contributed by atoms with Crippen molar-refractivity contribution in [3.8, 4) is 0 Å². The Hall–Kier alpha value is -3.08. The first-order valence-electron chi connectivity index (χ1n) is 10.8. The topological polar surface area (TPSA) is 170 Å². The molecule has 1 N–H and O–H groups in total. The lowest BCUT2D eigenvalue weighted by Gasteiger charge is -2.48. The highest BCUT2D eigenvalue weighted by Crippen LogP contribution is 2.42. The van der Waals surface area contributed by atoms with E-state index < -0.39 is 90.3 Å². The molecule has 0 spiro atoms. The Morgan fingerprint density at radius 2 is 1.58 bits per heavy atom. The number of amides is 1. The van der Waals surface area contributed by atoms with Gasteiger partial charge in [-0.1, -0.05) is 0 Å². The van der Waals surface area contributed by atoms with Gasteiger partial charge in [0.25, 0.3) is 0 Å². The normalized spacial score (nSPS) is 24.7. The highest BCUT2D eigenvalue weighted by Gasteiger charge is 2.59. The van der Waals surface area contributed by atoms with Crippen LogP contribution in [0.3, 0.4) is 0 Å². The maximum atomic E-state index is 13.2. The number of ether oxygens (including phenoxy) is 6. The predicted molar refractivity (Wildman–Crippen MR) is 119 cm³/mol. The Balaban J connectivity index is 3.83. The molecule has 13 nitrogen and oxygen atoms in total. The number of hydrogen-bond donors (Lipinski definition) is 1. The first-order valence-corrected chi connectivity index (χ1v) is 12.0. The third-order valence-electron chi connectivity index (χ3n) is 5.01. The minimum atomic E-state index is -5.41. The zero-order chi connectivity index (χ0) is 29.4. The van der Waals surface area contributed by atoms with Gasteiger partial charge < -0.3 is 33.7 Å². The van der Waals surface area contributed by atoms with Gasteiger partial charge in [-0.05, 0) is 6.26 Å². The molecule has 1 rings (SSSR count). The number of hydrogen-bond acceptors (Lipinski definition) is 13. The smallest absolute Gasteiger partial charge is 0.466 e. The van der Waals surface area contributed by atoms with E-state index in [2.05, 4.69) is 0 Å². The fraction of sp³-hybridized carbons (Fsp3) is 0.714. The Labute approximate surface area is 219 Å². The summed E-state index contributed by atoms with van der Waals surface area (Å²) in [5.74, 6) is -7.43. The van der Waals surface area contributed by atoms with Gasteiger partial charge in [0.2, 0.25) is 4.93 Å². The molecule has 1 aliphatic heterocycles. The minimum Gasteiger partial charge on any atom is -0.466 e. The van der Waals surface area contributed by atoms with Crippen LogP contribution in [0.2, 0.25) is 0 Å². The lowest BCUT2D eigenvalue weighted by Crippen LogP contribution is -2.68. The highest BCUT2D eigenvalue weighted by atomic mass is 32.2. The van der Waals surface area contributed by atoms with Crippen molar-refractivity contribution in [2.24, 2.45) is 0 Å². The fourth-order valence-corrected chi connectivity index (χ4v) is 4.40. The van der Waals surface area contributed by atoms with Crippen LogP contribution in [0.5, 0.6) is 0 Å². The van der Waals surface area contributed by atoms with E-state index >= 15 is 0 Å². The number of thioether (sulfide) groups is 1. The van der Waals surface area contributed by atoms with Gasteiger partial charge >= 0.3 is 41.9 Å². The maximum Gasteiger partial charge on any atom is 0.471 e. The molecule has 0 aromatic carbocycles. The number of nitrogens with one attached hydrogen (secondary N) is 1. The summed E-state index contributed by atoms with van der Waals surface area (Å²) >= 11 is 0.711. The van der Waals surface area contributed by atoms with E-state index in [1.165, 1.54) is 6.26 Å². The van der Waals surface area contributed by atoms with Crippen LogP contribution in [0, 0.1) is 0 Å². The molecule has 0 saturated carbocycles. The van der Waals surface area contributed by atoms with Crippen LogP contribution in [0.25, 0.3) is 0 Å². The van der Waals surface area contributed by atoms with Crippen LogP contribution >= 0.6 is 11.8 Å². The van der Waals surface area contributed by atoms with Gasteiger partial charge in [0.1, 0.15) is 18.8 Å². The van der Waals surface area contributed by atoms with Crippen LogP contribution in [-0.2, 0) is 57.2 Å². The second kappa shape index (κ2) is 13.6. The van der Waals surface area contributed by atoms with E-state index in [0.717, 1.165) is 34.8 Å². The zero-order valence-electron chi connectivity index (χ0n) is 21.2. The summed E-state index contributed by atoms with van der Waals surface area (Å²) in [5.41, 5.74) is 0. The molecule has 0 aliphatic carbocycles. The van der Waals surface area contributed by atoms with Gasteiger partial charge in [0.05, 0.1) is 13.2 Å². The highest BCUT2D eigenvalue weighted by molar-refractivity contribution is 8.00. The van der Waals surface area contributed by atoms with Gasteiger partial charge in [0.15, 0.2) is 12.2 Å². The average molecular weight is 576 g/mol. The number of alkyl halides is 3. The van der Waals surface area contributed by atoms with E-state index in [0.29, 0.717) is 11.8 Å². The van der Waals surface area contributed by atoms with Crippen molar-refractivity contribution in [1.82, 2.24) is 5.32 Å². The molecular weight excluding hydrogens is 547 g/mol. The van der Waals surface area contributed by atoms with E-state index in [4.69, 9.17) is 28.4 Å². The van der Waals surface area contributed by atoms with Crippen molar-refractivity contribution >= 4 is 47.5 Å². The number of carbonyl (C=O) groups excluding carboxylic acids is 6. The Bertz CT molecular complexity index is 930. The predicted octanol–water partition coefficient (Wildman–Crippen LogP) is 0.413. The monoisotopic (exact) mass is 575 g/mol. The molecule has 1 fully saturated rings. The van der Waals surface area contributed by atoms with Crippen molar-refractivity contribution in [1.29, 1.82) is 0 Å². The molecule has 0 bridgehead atoms. The molecular formula is C21H28F3NO12S. The van der Waals surface area contributed by atoms with Gasteiger partial charge in [-0.15, -0.1) is 11.8 Å². The van der Waals surface area contributed by atoms with Crippen LogP contribution in [-0.4, -0.2) is 97.3 Å². The largest absolute Gasteiger partial charge is 0.471 e. The molecule has 1 saturated heterocycles. The lowest BCUT2D eigenvalue weighted by atomic mass is 9.89. The van der Waals surface area contributed by atoms with Crippen molar-refractivity contribution in [2.75, 3.05) is 20.0 Å². The Morgan fingerprint density at radius 1 is 1.00 bits per heavy atom. The standard InChI is InChI=1S/C21H28F3NO12S/c1-9(26)33-8-14(35-11(3)28)16(36-12(4)29)17-15(25-18(30)21(22,23)24)13(34-10(2)27)7-20(37-17,38-6)19(31)32-5/h13-17H,7-8H2,1-6H3,(H,25,30)/t13-,14+,15+,16+,17+,20+/m0/s1. The first kappa shape index (κ1) is 32.9. The van der Waals surface area contributed by atoms with Gasteiger partial charge in [-0.25, -0.2) is 4.79 Å². The SMILES string of the molecule is COC(=O)[C@]1(SC)C[C@H](OC(C)=O)[C@@H](NC(=O)C(F)(F)F)[C@H]([C@H](OC(C)=O)[C@@H](COC(C)=O)OC(C)=O)O1. The molecule has 1 heterocycles. The molecule has 0 aromatic rings. The number of esters is 5. The molecule has 38 heavy (non-hydrogen) atoms. The molecule has 1 amide bonds. The van der Waals surface area contributed by atoms with Crippen LogP contribution < -0.4 is 5.32 Å². The van der Waals surface area contributed by atoms with Crippen molar-refractivity contribution in [3.05, 3.63) is 0 Å². The molecule has 17 heteroatoms. The molecule has 0 radical (unpaired) electrons. The number of rotatable bonds is 10. The summed E-state index contributed by atoms with van der Waals surface area (Å²) in [6.45, 7) is 3.01. The maximum absolute atomic E-state index is 13.2. The first-order chi connectivity index (χ1) is 17.5. The summed E-state index contributed by atoms with van der Waals surface area (Å²) in [6.07, 6.45) is -11.9. The Morgan fingerprint density at radius 3 is 2.00 bits per heavy atom. The van der Waals surface area contributed by atoms with E-state index in [1.807, 2.05) is 0 Å². The summed E-state index contributed by atoms with van der Waals surface area (Å²) in [7, 11) is 0.989. The zero-order valence-corrected chi connectivity index (χ0v) is 22.1. The van der Waals surface area contributed by atoms with Crippen LogP contribution in [0.4, 0.5) is 13.2 Å². The third-order valence-corrected chi connectivity index (χ3v) is 6.10. The van der Waals surface area contributed by atoms with Crippen molar-refractivity contribution < 1.29 is 70.4 Å². The van der Waals surface area contributed by atoms with Gasteiger partial charge in [-0.3, -0.25) is 24.0 Å². The minimum absolute atomic E-state index is 0.602. The van der Waals surface area contributed by atoms with Crippen molar-refractivity contribution in [3.63, 3.8) is 0 Å². The lowest BCUT2D eigenvalue weighted by molar-refractivity contribution is -0.226. The van der Waals surface area contributed by atoms with Crippen molar-refractivity contribution in [2.45, 2.75) is 75.7 Å². The third kappa shape index (κ3) is 9.04. The number of carbonyl (C=O) groups is 6. The number of methoxy groups -OCH3 is 1. The van der Waals surface area contributed by atoms with Crippen LogP contribution in [0.15, 0.2) is 0 Å². The Kier molecular flexibility index (Phi) is 11.8. The quantitative estimate of drug-likeness (QED) is 0.281.